The Bertz CT molecular complexity index is 610. The molecule has 1 N–H and O–H groups in total. The first-order chi connectivity index (χ1) is 9.76. The predicted molar refractivity (Wildman–Crippen MR) is 79.2 cm³/mol. The zero-order valence-electron chi connectivity index (χ0n) is 13.0. The molecule has 22 heavy (non-hydrogen) atoms. The predicted octanol–water partition coefficient (Wildman–Crippen LogP) is 0.171. The van der Waals surface area contributed by atoms with Crippen molar-refractivity contribution in [2.45, 2.75) is 25.2 Å². The molecular formula is C17H18LiNO3. The van der Waals surface area contributed by atoms with Crippen molar-refractivity contribution < 1.29 is 33.9 Å². The van der Waals surface area contributed by atoms with E-state index in [9.17, 15) is 4.79 Å². The third kappa shape index (κ3) is 3.41. The normalized spacial score (nSPS) is 14.2. The first kappa shape index (κ1) is 18.4. The van der Waals surface area contributed by atoms with Gasteiger partial charge in [0.2, 0.25) is 0 Å². The van der Waals surface area contributed by atoms with Crippen molar-refractivity contribution in [2.24, 2.45) is 0 Å². The Hall–Kier alpha value is -1.60. The number of nitrogens with zero attached hydrogens (tertiary/aromatic N) is 1. The minimum Gasteiger partial charge on any atom is -0.870 e. The van der Waals surface area contributed by atoms with Crippen molar-refractivity contribution in [1.29, 1.82) is 0 Å². The molecule has 5 heteroatoms. The Kier molecular flexibility index (Phi) is 6.37. The molecule has 0 aliphatic heterocycles. The van der Waals surface area contributed by atoms with Crippen LogP contribution in [-0.2, 0) is 14.9 Å². The van der Waals surface area contributed by atoms with Crippen LogP contribution in [0.1, 0.15) is 25.3 Å². The van der Waals surface area contributed by atoms with Crippen LogP contribution in [-0.4, -0.2) is 23.0 Å². The van der Waals surface area contributed by atoms with E-state index in [1.165, 1.54) is 0 Å². The van der Waals surface area contributed by atoms with Crippen molar-refractivity contribution in [2.75, 3.05) is 6.61 Å². The molecule has 3 rings (SSSR count). The summed E-state index contributed by atoms with van der Waals surface area (Å²) in [4.78, 5) is 16.5. The fourth-order valence-electron chi connectivity index (χ4n) is 2.46. The van der Waals surface area contributed by atoms with Gasteiger partial charge in [-0.1, -0.05) is 36.4 Å². The SMILES string of the molecule is CCOC(=O)C1(c2ccc(-c3ccccc3)nc2)CC1.[Li+].[OH-]. The number of carbonyl (C=O) groups excluding carboxylic acids is 1. The van der Waals surface area contributed by atoms with Gasteiger partial charge >= 0.3 is 24.8 Å². The maximum Gasteiger partial charge on any atom is 1.00 e. The van der Waals surface area contributed by atoms with Gasteiger partial charge < -0.3 is 10.2 Å². The minimum absolute atomic E-state index is 0. The molecule has 110 valence electrons. The number of rotatable bonds is 4. The van der Waals surface area contributed by atoms with E-state index in [0.717, 1.165) is 29.7 Å². The third-order valence-corrected chi connectivity index (χ3v) is 3.80. The molecule has 1 heterocycles. The standard InChI is InChI=1S/C17H17NO2.Li.H2O/c1-2-20-16(19)17(10-11-17)14-8-9-15(18-12-14)13-6-4-3-5-7-13;;/h3-9,12H,2,10-11H2,1H3;;1H2/q;+1;/p-1. The van der Waals surface area contributed by atoms with Gasteiger partial charge in [0.25, 0.3) is 0 Å². The van der Waals surface area contributed by atoms with Crippen LogP contribution >= 0.6 is 0 Å². The molecule has 1 fully saturated rings. The van der Waals surface area contributed by atoms with E-state index in [4.69, 9.17) is 4.74 Å². The van der Waals surface area contributed by atoms with Crippen molar-refractivity contribution in [3.63, 3.8) is 0 Å². The second-order valence-electron chi connectivity index (χ2n) is 5.10. The molecule has 0 unspecified atom stereocenters. The van der Waals surface area contributed by atoms with Crippen LogP contribution in [0.15, 0.2) is 48.7 Å². The summed E-state index contributed by atoms with van der Waals surface area (Å²) in [5, 5.41) is 0. The zero-order valence-corrected chi connectivity index (χ0v) is 13.0. The van der Waals surface area contributed by atoms with Gasteiger partial charge in [0.1, 0.15) is 0 Å². The molecule has 0 atom stereocenters. The van der Waals surface area contributed by atoms with Crippen molar-refractivity contribution in [3.05, 3.63) is 54.2 Å². The molecule has 1 aromatic carbocycles. The second-order valence-corrected chi connectivity index (χ2v) is 5.10. The quantitative estimate of drug-likeness (QED) is 0.595. The summed E-state index contributed by atoms with van der Waals surface area (Å²) >= 11 is 0. The van der Waals surface area contributed by atoms with Crippen LogP contribution in [0.25, 0.3) is 11.3 Å². The first-order valence-corrected chi connectivity index (χ1v) is 6.95. The Balaban J connectivity index is 0.00000121. The summed E-state index contributed by atoms with van der Waals surface area (Å²) in [5.74, 6) is -0.116. The van der Waals surface area contributed by atoms with E-state index < -0.39 is 5.41 Å². The molecule has 1 aliphatic carbocycles. The monoisotopic (exact) mass is 291 g/mol. The number of carbonyl (C=O) groups is 1. The molecule has 0 bridgehead atoms. The van der Waals surface area contributed by atoms with Crippen molar-refractivity contribution in [1.82, 2.24) is 4.98 Å². The van der Waals surface area contributed by atoms with Gasteiger partial charge in [0.15, 0.2) is 0 Å². The average molecular weight is 291 g/mol. The van der Waals surface area contributed by atoms with Crippen molar-refractivity contribution >= 4 is 5.97 Å². The fraction of sp³-hybridized carbons (Fsp3) is 0.294. The summed E-state index contributed by atoms with van der Waals surface area (Å²) in [7, 11) is 0. The average Bonchev–Trinajstić information content (AvgIpc) is 3.30. The van der Waals surface area contributed by atoms with E-state index in [0.29, 0.717) is 6.61 Å². The smallest absolute Gasteiger partial charge is 0.870 e. The van der Waals surface area contributed by atoms with E-state index in [2.05, 4.69) is 4.98 Å². The molecule has 0 radical (unpaired) electrons. The van der Waals surface area contributed by atoms with Gasteiger partial charge in [-0.2, -0.15) is 0 Å². The first-order valence-electron chi connectivity index (χ1n) is 6.95. The van der Waals surface area contributed by atoms with Crippen LogP contribution in [0.5, 0.6) is 0 Å². The Morgan fingerprint density at radius 3 is 2.36 bits per heavy atom. The molecule has 0 spiro atoms. The van der Waals surface area contributed by atoms with Gasteiger partial charge in [-0.3, -0.25) is 9.78 Å². The number of esters is 1. The molecule has 4 nitrogen and oxygen atoms in total. The maximum absolute atomic E-state index is 12.0. The van der Waals surface area contributed by atoms with E-state index in [-0.39, 0.29) is 30.3 Å². The van der Waals surface area contributed by atoms with Gasteiger partial charge in [-0.05, 0) is 31.4 Å². The Morgan fingerprint density at radius 2 is 1.86 bits per heavy atom. The summed E-state index contributed by atoms with van der Waals surface area (Å²) in [6.07, 6.45) is 3.53. The maximum atomic E-state index is 12.0. The number of hydrogen-bond acceptors (Lipinski definition) is 4. The summed E-state index contributed by atoms with van der Waals surface area (Å²) in [6.45, 7) is 2.26. The van der Waals surface area contributed by atoms with Gasteiger partial charge in [0, 0.05) is 11.8 Å². The number of ether oxygens (including phenoxy) is 1. The summed E-state index contributed by atoms with van der Waals surface area (Å²) in [6, 6.07) is 14.0. The van der Waals surface area contributed by atoms with Gasteiger partial charge in [0.05, 0.1) is 17.7 Å². The molecule has 0 amide bonds. The molecule has 0 saturated heterocycles. The minimum atomic E-state index is -0.432. The van der Waals surface area contributed by atoms with Crippen LogP contribution in [0, 0.1) is 0 Å². The Labute approximate surface area is 142 Å². The third-order valence-electron chi connectivity index (χ3n) is 3.80. The molecule has 1 aliphatic rings. The van der Waals surface area contributed by atoms with Crippen LogP contribution < -0.4 is 18.9 Å². The second kappa shape index (κ2) is 7.60. The number of hydrogen-bond donors (Lipinski definition) is 0. The van der Waals surface area contributed by atoms with E-state index >= 15 is 0 Å². The molecule has 2 aromatic rings. The Morgan fingerprint density at radius 1 is 1.18 bits per heavy atom. The number of benzene rings is 1. The van der Waals surface area contributed by atoms with Gasteiger partial charge in [-0.15, -0.1) is 0 Å². The zero-order chi connectivity index (χ0) is 14.0. The van der Waals surface area contributed by atoms with Gasteiger partial charge in [-0.25, -0.2) is 0 Å². The summed E-state index contributed by atoms with van der Waals surface area (Å²) in [5.41, 5.74) is 2.54. The van der Waals surface area contributed by atoms with Crippen LogP contribution in [0.2, 0.25) is 0 Å². The molecule has 1 saturated carbocycles. The molecule has 1 aromatic heterocycles. The van der Waals surface area contributed by atoms with Crippen LogP contribution in [0.4, 0.5) is 0 Å². The molecular weight excluding hydrogens is 273 g/mol. The number of aromatic nitrogens is 1. The summed E-state index contributed by atoms with van der Waals surface area (Å²) < 4.78 is 5.17. The van der Waals surface area contributed by atoms with Crippen LogP contribution in [0.3, 0.4) is 0 Å². The number of pyridine rings is 1. The van der Waals surface area contributed by atoms with E-state index in [1.807, 2.05) is 55.6 Å². The fourth-order valence-corrected chi connectivity index (χ4v) is 2.46. The van der Waals surface area contributed by atoms with Crippen molar-refractivity contribution in [3.8, 4) is 11.3 Å². The topological polar surface area (TPSA) is 69.2 Å². The van der Waals surface area contributed by atoms with E-state index in [1.54, 1.807) is 0 Å². The largest absolute Gasteiger partial charge is 1.00 e.